The lowest BCUT2D eigenvalue weighted by molar-refractivity contribution is -0.139. The van der Waals surface area contributed by atoms with Crippen LogP contribution in [-0.4, -0.2) is 86.9 Å². The second-order valence-corrected chi connectivity index (χ2v) is 14.0. The molecule has 1 saturated heterocycles. The predicted molar refractivity (Wildman–Crippen MR) is 162 cm³/mol. The lowest BCUT2D eigenvalue weighted by Crippen LogP contribution is -2.42. The molecule has 2 aromatic rings. The second kappa shape index (κ2) is 14.6. The van der Waals surface area contributed by atoms with Crippen LogP contribution in [0.5, 0.6) is 0 Å². The van der Waals surface area contributed by atoms with Crippen molar-refractivity contribution in [2.75, 3.05) is 32.3 Å². The summed E-state index contributed by atoms with van der Waals surface area (Å²) < 4.78 is 35.3. The van der Waals surface area contributed by atoms with Crippen molar-refractivity contribution < 1.29 is 32.6 Å². The summed E-state index contributed by atoms with van der Waals surface area (Å²) in [5.74, 6) is -2.16. The first-order valence-corrected chi connectivity index (χ1v) is 16.9. The number of hydrogen-bond acceptors (Lipinski definition) is 7. The number of aliphatic carboxylic acids is 1. The summed E-state index contributed by atoms with van der Waals surface area (Å²) in [6, 6.07) is 12.3. The van der Waals surface area contributed by atoms with Crippen LogP contribution in [0.2, 0.25) is 0 Å². The first-order chi connectivity index (χ1) is 20.0. The van der Waals surface area contributed by atoms with Gasteiger partial charge >= 0.3 is 5.97 Å². The van der Waals surface area contributed by atoms with Crippen LogP contribution in [0.4, 0.5) is 0 Å². The molecule has 230 valence electrons. The Bertz CT molecular complexity index is 1340. The molecule has 2 aliphatic rings. The van der Waals surface area contributed by atoms with E-state index < -0.39 is 27.8 Å². The van der Waals surface area contributed by atoms with Crippen LogP contribution < -0.4 is 5.32 Å². The molecule has 1 saturated carbocycles. The third kappa shape index (κ3) is 8.86. The van der Waals surface area contributed by atoms with Gasteiger partial charge in [-0.1, -0.05) is 49.6 Å². The fourth-order valence-electron chi connectivity index (χ4n) is 6.11. The first-order valence-electron chi connectivity index (χ1n) is 14.8. The number of ether oxygens (including phenoxy) is 2. The third-order valence-electron chi connectivity index (χ3n) is 8.32. The maximum absolute atomic E-state index is 13.4. The van der Waals surface area contributed by atoms with Crippen molar-refractivity contribution >= 4 is 21.7 Å². The number of rotatable bonds is 13. The molecule has 0 bridgehead atoms. The Morgan fingerprint density at radius 1 is 1.07 bits per heavy atom. The van der Waals surface area contributed by atoms with Crippen molar-refractivity contribution in [3.05, 3.63) is 59.2 Å². The molecule has 42 heavy (non-hydrogen) atoms. The van der Waals surface area contributed by atoms with E-state index in [0.717, 1.165) is 48.8 Å². The predicted octanol–water partition coefficient (Wildman–Crippen LogP) is 4.22. The standard InChI is InChI=1S/C32H44N2O7S/c1-22-9-7-8-12-27(22)29-17-23(13-14-28(29)31(35)33-30(32(36)37)15-16-42(3,38)39)19-34-20-26(18-24(34)21-40-2)41-25-10-5-4-6-11-25/h7-9,12-14,17,24-26,30H,4-6,10-11,15-16,18-21H2,1-3H3,(H,33,35)(H,36,37)/t24-,26-,30?/m0/s1. The minimum absolute atomic E-state index is 0.161. The fraction of sp³-hybridized carbons (Fsp3) is 0.562. The van der Waals surface area contributed by atoms with Crippen LogP contribution in [0.25, 0.3) is 11.1 Å². The Morgan fingerprint density at radius 3 is 2.48 bits per heavy atom. The van der Waals surface area contributed by atoms with Crippen LogP contribution in [-0.2, 0) is 30.7 Å². The second-order valence-electron chi connectivity index (χ2n) is 11.8. The molecule has 1 unspecified atom stereocenters. The van der Waals surface area contributed by atoms with Gasteiger partial charge in [0.05, 0.1) is 24.6 Å². The van der Waals surface area contributed by atoms with E-state index >= 15 is 0 Å². The minimum Gasteiger partial charge on any atom is -0.480 e. The highest BCUT2D eigenvalue weighted by Gasteiger charge is 2.34. The highest BCUT2D eigenvalue weighted by Crippen LogP contribution is 2.31. The normalized spacial score (nSPS) is 20.8. The lowest BCUT2D eigenvalue weighted by atomic mass is 9.93. The van der Waals surface area contributed by atoms with E-state index in [4.69, 9.17) is 9.47 Å². The number of benzene rings is 2. The van der Waals surface area contributed by atoms with E-state index in [9.17, 15) is 23.1 Å². The molecular weight excluding hydrogens is 556 g/mol. The number of nitrogens with zero attached hydrogens (tertiary/aromatic N) is 1. The molecule has 2 N–H and O–H groups in total. The van der Waals surface area contributed by atoms with Gasteiger partial charge in [-0.3, -0.25) is 9.69 Å². The van der Waals surface area contributed by atoms with Gasteiger partial charge in [-0.05, 0) is 67.0 Å². The van der Waals surface area contributed by atoms with E-state index in [1.807, 2.05) is 43.3 Å². The monoisotopic (exact) mass is 600 g/mol. The van der Waals surface area contributed by atoms with Gasteiger partial charge in [0.2, 0.25) is 0 Å². The van der Waals surface area contributed by atoms with Crippen LogP contribution in [0, 0.1) is 6.92 Å². The molecule has 4 rings (SSSR count). The van der Waals surface area contributed by atoms with Gasteiger partial charge in [0.25, 0.3) is 5.91 Å². The summed E-state index contributed by atoms with van der Waals surface area (Å²) >= 11 is 0. The van der Waals surface area contributed by atoms with Gasteiger partial charge in [-0.25, -0.2) is 13.2 Å². The molecule has 3 atom stereocenters. The third-order valence-corrected chi connectivity index (χ3v) is 9.29. The quantitative estimate of drug-likeness (QED) is 0.351. The van der Waals surface area contributed by atoms with Crippen LogP contribution in [0.3, 0.4) is 0 Å². The summed E-state index contributed by atoms with van der Waals surface area (Å²) in [4.78, 5) is 27.7. The number of sulfone groups is 1. The highest BCUT2D eigenvalue weighted by atomic mass is 32.2. The molecule has 0 spiro atoms. The molecule has 2 aromatic carbocycles. The van der Waals surface area contributed by atoms with E-state index in [2.05, 4.69) is 10.2 Å². The number of carbonyl (C=O) groups is 2. The van der Waals surface area contributed by atoms with E-state index in [1.165, 1.54) is 19.3 Å². The number of methoxy groups -OCH3 is 1. The average molecular weight is 601 g/mol. The van der Waals surface area contributed by atoms with Crippen molar-refractivity contribution in [2.24, 2.45) is 0 Å². The van der Waals surface area contributed by atoms with Gasteiger partial charge in [-0.2, -0.15) is 0 Å². The number of nitrogens with one attached hydrogen (secondary N) is 1. The zero-order chi connectivity index (χ0) is 30.3. The van der Waals surface area contributed by atoms with Crippen LogP contribution >= 0.6 is 0 Å². The molecule has 2 fully saturated rings. The molecule has 0 aromatic heterocycles. The lowest BCUT2D eigenvalue weighted by Gasteiger charge is -2.26. The van der Waals surface area contributed by atoms with Crippen molar-refractivity contribution in [3.63, 3.8) is 0 Å². The number of carbonyl (C=O) groups excluding carboxylic acids is 1. The molecular formula is C32H44N2O7S. The summed E-state index contributed by atoms with van der Waals surface area (Å²) in [5, 5.41) is 12.2. The summed E-state index contributed by atoms with van der Waals surface area (Å²) in [6.45, 7) is 4.05. The van der Waals surface area contributed by atoms with Crippen LogP contribution in [0.1, 0.15) is 66.4 Å². The Labute approximate surface area is 249 Å². The molecule has 9 nitrogen and oxygen atoms in total. The van der Waals surface area contributed by atoms with E-state index in [1.54, 1.807) is 13.2 Å². The van der Waals surface area contributed by atoms with Gasteiger partial charge in [0.1, 0.15) is 15.9 Å². The molecule has 10 heteroatoms. The summed E-state index contributed by atoms with van der Waals surface area (Å²) in [6.07, 6.45) is 8.26. The number of carboxylic acids is 1. The maximum atomic E-state index is 13.4. The van der Waals surface area contributed by atoms with Crippen molar-refractivity contribution in [3.8, 4) is 11.1 Å². The van der Waals surface area contributed by atoms with Gasteiger partial charge in [0.15, 0.2) is 0 Å². The Hall–Kier alpha value is -2.79. The van der Waals surface area contributed by atoms with E-state index in [-0.39, 0.29) is 24.3 Å². The van der Waals surface area contributed by atoms with E-state index in [0.29, 0.717) is 30.4 Å². The number of likely N-dealkylation sites (tertiary alicyclic amines) is 1. The van der Waals surface area contributed by atoms with Crippen molar-refractivity contribution in [2.45, 2.75) is 82.7 Å². The number of amides is 1. The van der Waals surface area contributed by atoms with Crippen LogP contribution in [0.15, 0.2) is 42.5 Å². The smallest absolute Gasteiger partial charge is 0.326 e. The molecule has 1 aliphatic carbocycles. The summed E-state index contributed by atoms with van der Waals surface area (Å²) in [7, 11) is -1.67. The topological polar surface area (TPSA) is 122 Å². The van der Waals surface area contributed by atoms with Gasteiger partial charge in [0, 0.05) is 38.1 Å². The Balaban J connectivity index is 1.57. The van der Waals surface area contributed by atoms with Crippen molar-refractivity contribution in [1.29, 1.82) is 0 Å². The highest BCUT2D eigenvalue weighted by molar-refractivity contribution is 7.90. The number of aryl methyl sites for hydroxylation is 1. The number of hydrogen-bond donors (Lipinski definition) is 2. The molecule has 0 radical (unpaired) electrons. The summed E-state index contributed by atoms with van der Waals surface area (Å²) in [5.41, 5.74) is 3.92. The van der Waals surface area contributed by atoms with Crippen molar-refractivity contribution in [1.82, 2.24) is 10.2 Å². The fourth-order valence-corrected chi connectivity index (χ4v) is 6.78. The zero-order valence-electron chi connectivity index (χ0n) is 24.9. The van der Waals surface area contributed by atoms with Gasteiger partial charge < -0.3 is 19.9 Å². The Kier molecular flexibility index (Phi) is 11.2. The zero-order valence-corrected chi connectivity index (χ0v) is 25.7. The first kappa shape index (κ1) is 32.1. The average Bonchev–Trinajstić information content (AvgIpc) is 3.31. The molecule has 1 amide bonds. The maximum Gasteiger partial charge on any atom is 0.326 e. The Morgan fingerprint density at radius 2 is 1.81 bits per heavy atom. The minimum atomic E-state index is -3.39. The largest absolute Gasteiger partial charge is 0.480 e. The SMILES string of the molecule is COC[C@@H]1C[C@H](OC2CCCCC2)CN1Cc1ccc(C(=O)NC(CCS(C)(=O)=O)C(=O)O)c(-c2ccccc2C)c1. The van der Waals surface area contributed by atoms with Gasteiger partial charge in [-0.15, -0.1) is 0 Å². The molecule has 1 heterocycles. The molecule has 1 aliphatic heterocycles. The number of carboxylic acid groups (broad SMARTS) is 1.